The number of rotatable bonds is 5. The minimum absolute atomic E-state index is 0.624. The highest BCUT2D eigenvalue weighted by Gasteiger charge is 2.23. The van der Waals surface area contributed by atoms with E-state index in [2.05, 4.69) is 193 Å². The summed E-state index contributed by atoms with van der Waals surface area (Å²) < 4.78 is 7.51. The average Bonchev–Trinajstić information content (AvgIpc) is 4.05. The second-order valence-electron chi connectivity index (χ2n) is 16.7. The van der Waals surface area contributed by atoms with Crippen LogP contribution in [0.5, 0.6) is 0 Å². The lowest BCUT2D eigenvalue weighted by atomic mass is 9.93. The largest absolute Gasteiger partial charge is 0.309 e. The number of hydrogen-bond acceptors (Lipinski definition) is 5. The lowest BCUT2D eigenvalue weighted by molar-refractivity contribution is 1.07. The van der Waals surface area contributed by atoms with Gasteiger partial charge in [0.1, 0.15) is 0 Å². The van der Waals surface area contributed by atoms with E-state index >= 15 is 0 Å². The standard InChI is InChI=1S/C59H34N4S2/c1-2-14-35(15-3-1)57-60-58(62-59(61-57)40-26-28-44-43-21-9-12-24-52(43)64-54(44)34-40)39-27-29-50(63-49-23-11-8-20-42(49)46-30-36-16-4-5-17-37(36)33-51(46)63)47(32-39)48-31-38-18-6-7-19-41(38)56-55(48)45-22-10-13-25-53(45)65-56/h1-34H. The fraction of sp³-hybridized carbons (Fsp3) is 0. The zero-order valence-corrected chi connectivity index (χ0v) is 36.4. The molecule has 0 atom stereocenters. The van der Waals surface area contributed by atoms with E-state index in [1.54, 1.807) is 11.3 Å². The number of benzene rings is 10. The highest BCUT2D eigenvalue weighted by molar-refractivity contribution is 7.27. The molecular formula is C59H34N4S2. The third kappa shape index (κ3) is 5.71. The Morgan fingerprint density at radius 2 is 0.908 bits per heavy atom. The van der Waals surface area contributed by atoms with Crippen molar-refractivity contribution in [2.45, 2.75) is 0 Å². The summed E-state index contributed by atoms with van der Waals surface area (Å²) in [6.07, 6.45) is 0. The number of hydrogen-bond donors (Lipinski definition) is 0. The van der Waals surface area contributed by atoms with Crippen molar-refractivity contribution in [3.63, 3.8) is 0 Å². The zero-order chi connectivity index (χ0) is 42.6. The van der Waals surface area contributed by atoms with Crippen LogP contribution in [0, 0.1) is 0 Å². The summed E-state index contributed by atoms with van der Waals surface area (Å²) in [6, 6.07) is 74.6. The fourth-order valence-electron chi connectivity index (χ4n) is 9.99. The smallest absolute Gasteiger partial charge is 0.164 e. The van der Waals surface area contributed by atoms with Crippen LogP contribution < -0.4 is 0 Å². The van der Waals surface area contributed by atoms with Crippen LogP contribution in [0.1, 0.15) is 0 Å². The second kappa shape index (κ2) is 14.2. The Morgan fingerprint density at radius 1 is 0.323 bits per heavy atom. The Hall–Kier alpha value is -8.03. The van der Waals surface area contributed by atoms with Gasteiger partial charge in [-0.15, -0.1) is 22.7 Å². The Kier molecular flexibility index (Phi) is 7.99. The molecular weight excluding hydrogens is 829 g/mol. The molecule has 6 heteroatoms. The van der Waals surface area contributed by atoms with E-state index in [1.165, 1.54) is 78.2 Å². The lowest BCUT2D eigenvalue weighted by Gasteiger charge is -2.18. The molecule has 4 nitrogen and oxygen atoms in total. The van der Waals surface area contributed by atoms with Crippen LogP contribution in [0.4, 0.5) is 0 Å². The molecule has 0 saturated heterocycles. The molecule has 4 aromatic heterocycles. The van der Waals surface area contributed by atoms with Crippen molar-refractivity contribution >= 4 is 106 Å². The fourth-order valence-corrected chi connectivity index (χ4v) is 12.4. The molecule has 0 aliphatic heterocycles. The summed E-state index contributed by atoms with van der Waals surface area (Å²) in [5, 5.41) is 12.4. The third-order valence-electron chi connectivity index (χ3n) is 13.0. The Balaban J connectivity index is 1.08. The van der Waals surface area contributed by atoms with Crippen molar-refractivity contribution in [1.82, 2.24) is 19.5 Å². The van der Waals surface area contributed by atoms with E-state index < -0.39 is 0 Å². The maximum atomic E-state index is 5.35. The monoisotopic (exact) mass is 862 g/mol. The number of nitrogens with zero attached hydrogens (tertiary/aromatic N) is 4. The highest BCUT2D eigenvalue weighted by atomic mass is 32.1. The predicted octanol–water partition coefficient (Wildman–Crippen LogP) is 16.7. The zero-order valence-electron chi connectivity index (χ0n) is 34.7. The summed E-state index contributed by atoms with van der Waals surface area (Å²) >= 11 is 3.68. The highest BCUT2D eigenvalue weighted by Crippen LogP contribution is 2.47. The first-order valence-corrected chi connectivity index (χ1v) is 23.5. The molecule has 0 aliphatic rings. The number of fused-ring (bicyclic) bond motifs is 12. The molecule has 65 heavy (non-hydrogen) atoms. The van der Waals surface area contributed by atoms with E-state index in [-0.39, 0.29) is 0 Å². The first kappa shape index (κ1) is 36.5. The molecule has 0 N–H and O–H groups in total. The number of para-hydroxylation sites is 1. The van der Waals surface area contributed by atoms with Crippen LogP contribution in [0.25, 0.3) is 135 Å². The number of thiophene rings is 2. The third-order valence-corrected chi connectivity index (χ3v) is 15.3. The second-order valence-corrected chi connectivity index (χ2v) is 18.9. The molecule has 0 saturated carbocycles. The predicted molar refractivity (Wildman–Crippen MR) is 277 cm³/mol. The maximum Gasteiger partial charge on any atom is 0.164 e. The molecule has 4 heterocycles. The average molecular weight is 863 g/mol. The van der Waals surface area contributed by atoms with E-state index in [9.17, 15) is 0 Å². The van der Waals surface area contributed by atoms with Gasteiger partial charge in [-0.05, 0) is 87.8 Å². The normalized spacial score (nSPS) is 12.0. The van der Waals surface area contributed by atoms with Gasteiger partial charge in [0.25, 0.3) is 0 Å². The molecule has 0 bridgehead atoms. The van der Waals surface area contributed by atoms with Gasteiger partial charge in [-0.3, -0.25) is 0 Å². The summed E-state index contributed by atoms with van der Waals surface area (Å²) in [5.74, 6) is 1.91. The van der Waals surface area contributed by atoms with Crippen LogP contribution in [0.2, 0.25) is 0 Å². The van der Waals surface area contributed by atoms with Crippen molar-refractivity contribution in [2.75, 3.05) is 0 Å². The molecule has 14 rings (SSSR count). The molecule has 302 valence electrons. The van der Waals surface area contributed by atoms with Crippen LogP contribution in [-0.4, -0.2) is 19.5 Å². The first-order chi connectivity index (χ1) is 32.2. The van der Waals surface area contributed by atoms with Crippen molar-refractivity contribution < 1.29 is 0 Å². The molecule has 14 aromatic rings. The summed E-state index contributed by atoms with van der Waals surface area (Å²) in [7, 11) is 0. The van der Waals surface area contributed by atoms with Crippen molar-refractivity contribution in [3.05, 3.63) is 206 Å². The van der Waals surface area contributed by atoms with Crippen LogP contribution in [-0.2, 0) is 0 Å². The Labute approximate surface area is 381 Å². The molecule has 0 radical (unpaired) electrons. The molecule has 0 fully saturated rings. The molecule has 0 aliphatic carbocycles. The molecule has 10 aromatic carbocycles. The van der Waals surface area contributed by atoms with E-state index in [1.807, 2.05) is 29.5 Å². The van der Waals surface area contributed by atoms with Gasteiger partial charge in [-0.1, -0.05) is 146 Å². The minimum atomic E-state index is 0.624. The van der Waals surface area contributed by atoms with Gasteiger partial charge in [0.2, 0.25) is 0 Å². The first-order valence-electron chi connectivity index (χ1n) is 21.8. The van der Waals surface area contributed by atoms with Gasteiger partial charge in [0.15, 0.2) is 17.5 Å². The molecule has 0 amide bonds. The van der Waals surface area contributed by atoms with E-state index in [0.29, 0.717) is 17.5 Å². The maximum absolute atomic E-state index is 5.35. The minimum Gasteiger partial charge on any atom is -0.309 e. The molecule has 0 spiro atoms. The number of aromatic nitrogens is 4. The SMILES string of the molecule is c1ccc(-c2nc(-c3ccc(-n4c5ccccc5c5cc6ccccc6cc54)c(-c4cc5ccccc5c5sc6ccccc6c45)c3)nc(-c3ccc4c(c3)sc3ccccc34)n2)cc1. The van der Waals surface area contributed by atoms with E-state index in [4.69, 9.17) is 15.0 Å². The van der Waals surface area contributed by atoms with E-state index in [0.717, 1.165) is 39.0 Å². The van der Waals surface area contributed by atoms with Gasteiger partial charge in [0.05, 0.1) is 16.7 Å². The summed E-state index contributed by atoms with van der Waals surface area (Å²) in [5.41, 5.74) is 8.51. The van der Waals surface area contributed by atoms with Gasteiger partial charge in [-0.2, -0.15) is 0 Å². The Morgan fingerprint density at radius 3 is 1.71 bits per heavy atom. The van der Waals surface area contributed by atoms with Gasteiger partial charge < -0.3 is 4.57 Å². The lowest BCUT2D eigenvalue weighted by Crippen LogP contribution is -2.02. The van der Waals surface area contributed by atoms with Crippen molar-refractivity contribution in [1.29, 1.82) is 0 Å². The van der Waals surface area contributed by atoms with Crippen molar-refractivity contribution in [3.8, 4) is 51.0 Å². The van der Waals surface area contributed by atoms with Crippen LogP contribution >= 0.6 is 22.7 Å². The topological polar surface area (TPSA) is 43.6 Å². The molecule has 0 unspecified atom stereocenters. The summed E-state index contributed by atoms with van der Waals surface area (Å²) in [4.78, 5) is 15.8. The van der Waals surface area contributed by atoms with Crippen LogP contribution in [0.15, 0.2) is 206 Å². The van der Waals surface area contributed by atoms with Gasteiger partial charge in [0, 0.05) is 73.4 Å². The van der Waals surface area contributed by atoms with Crippen LogP contribution in [0.3, 0.4) is 0 Å². The van der Waals surface area contributed by atoms with Crippen molar-refractivity contribution in [2.24, 2.45) is 0 Å². The van der Waals surface area contributed by atoms with Gasteiger partial charge >= 0.3 is 0 Å². The quantitative estimate of drug-likeness (QED) is 0.173. The van der Waals surface area contributed by atoms with Gasteiger partial charge in [-0.25, -0.2) is 15.0 Å². The summed E-state index contributed by atoms with van der Waals surface area (Å²) in [6.45, 7) is 0. The Bertz CT molecular complexity index is 4250.